The topological polar surface area (TPSA) is 86.3 Å². The summed E-state index contributed by atoms with van der Waals surface area (Å²) in [6, 6.07) is 1.71. The smallest absolute Gasteiger partial charge is 0.244 e. The van der Waals surface area contributed by atoms with Gasteiger partial charge in [0.2, 0.25) is 24.2 Å². The summed E-state index contributed by atoms with van der Waals surface area (Å²) in [5.41, 5.74) is 0.623. The Morgan fingerprint density at radius 2 is 2.14 bits per heavy atom. The van der Waals surface area contributed by atoms with Crippen LogP contribution in [0.25, 0.3) is 6.08 Å². The van der Waals surface area contributed by atoms with Gasteiger partial charge < -0.3 is 29.4 Å². The Labute approximate surface area is 122 Å². The highest BCUT2D eigenvalue weighted by atomic mass is 16.7. The molecular formula is C14H17NO6. The molecule has 0 atom stereocenters. The summed E-state index contributed by atoms with van der Waals surface area (Å²) in [7, 11) is 3.00. The third-order valence-electron chi connectivity index (χ3n) is 2.84. The molecule has 114 valence electrons. The quantitative estimate of drug-likeness (QED) is 0.746. The Morgan fingerprint density at radius 1 is 1.38 bits per heavy atom. The highest BCUT2D eigenvalue weighted by Crippen LogP contribution is 2.49. The summed E-state index contributed by atoms with van der Waals surface area (Å²) < 4.78 is 21.3. The molecule has 0 fully saturated rings. The summed E-state index contributed by atoms with van der Waals surface area (Å²) >= 11 is 0. The lowest BCUT2D eigenvalue weighted by atomic mass is 10.1. The zero-order valence-corrected chi connectivity index (χ0v) is 11.8. The lowest BCUT2D eigenvalue weighted by Gasteiger charge is -2.12. The van der Waals surface area contributed by atoms with Gasteiger partial charge in [-0.25, -0.2) is 0 Å². The van der Waals surface area contributed by atoms with Crippen LogP contribution in [0, 0.1) is 0 Å². The number of aliphatic hydroxyl groups is 1. The van der Waals surface area contributed by atoms with Gasteiger partial charge in [0.25, 0.3) is 0 Å². The molecule has 1 aromatic carbocycles. The molecule has 1 aromatic rings. The van der Waals surface area contributed by atoms with Crippen molar-refractivity contribution in [2.75, 3.05) is 34.2 Å². The zero-order chi connectivity index (χ0) is 15.2. The fourth-order valence-electron chi connectivity index (χ4n) is 1.94. The van der Waals surface area contributed by atoms with Crippen molar-refractivity contribution in [3.63, 3.8) is 0 Å². The number of carbonyl (C=O) groups excluding carboxylic acids is 1. The van der Waals surface area contributed by atoms with Crippen LogP contribution in [0.3, 0.4) is 0 Å². The number of ether oxygens (including phenoxy) is 4. The summed E-state index contributed by atoms with van der Waals surface area (Å²) in [4.78, 5) is 11.5. The first-order valence-electron chi connectivity index (χ1n) is 6.32. The van der Waals surface area contributed by atoms with Crippen molar-refractivity contribution >= 4 is 12.0 Å². The lowest BCUT2D eigenvalue weighted by Crippen LogP contribution is -2.24. The van der Waals surface area contributed by atoms with E-state index in [1.807, 2.05) is 0 Å². The fraction of sp³-hybridized carbons (Fsp3) is 0.357. The van der Waals surface area contributed by atoms with Crippen LogP contribution in [0.5, 0.6) is 23.0 Å². The van der Waals surface area contributed by atoms with Crippen LogP contribution >= 0.6 is 0 Å². The van der Waals surface area contributed by atoms with Crippen LogP contribution in [-0.4, -0.2) is 45.2 Å². The van der Waals surface area contributed by atoms with Gasteiger partial charge in [-0.05, 0) is 12.1 Å². The van der Waals surface area contributed by atoms with Crippen molar-refractivity contribution in [2.45, 2.75) is 0 Å². The number of hydrogen-bond acceptors (Lipinski definition) is 6. The molecule has 0 spiro atoms. The van der Waals surface area contributed by atoms with E-state index in [9.17, 15) is 4.79 Å². The largest absolute Gasteiger partial charge is 0.492 e. The highest BCUT2D eigenvalue weighted by Gasteiger charge is 2.25. The number of carbonyl (C=O) groups is 1. The van der Waals surface area contributed by atoms with Crippen molar-refractivity contribution in [3.05, 3.63) is 17.7 Å². The van der Waals surface area contributed by atoms with E-state index in [2.05, 4.69) is 5.32 Å². The predicted molar refractivity (Wildman–Crippen MR) is 74.8 cm³/mol. The fourth-order valence-corrected chi connectivity index (χ4v) is 1.94. The molecule has 0 saturated carbocycles. The first-order valence-corrected chi connectivity index (χ1v) is 6.32. The van der Waals surface area contributed by atoms with Crippen LogP contribution in [0.15, 0.2) is 12.1 Å². The summed E-state index contributed by atoms with van der Waals surface area (Å²) in [5.74, 6) is 1.57. The molecule has 0 aromatic heterocycles. The Bertz CT molecular complexity index is 555. The van der Waals surface area contributed by atoms with Crippen molar-refractivity contribution in [3.8, 4) is 23.0 Å². The molecule has 0 bridgehead atoms. The Balaban J connectivity index is 2.31. The molecular weight excluding hydrogens is 278 g/mol. The van der Waals surface area contributed by atoms with Crippen LogP contribution in [0.2, 0.25) is 0 Å². The molecule has 1 aliphatic rings. The Morgan fingerprint density at radius 3 is 2.81 bits per heavy atom. The van der Waals surface area contributed by atoms with E-state index in [4.69, 9.17) is 24.1 Å². The van der Waals surface area contributed by atoms with Crippen LogP contribution in [0.4, 0.5) is 0 Å². The molecule has 7 nitrogen and oxygen atoms in total. The molecule has 0 aliphatic carbocycles. The van der Waals surface area contributed by atoms with Gasteiger partial charge in [0.05, 0.1) is 20.8 Å². The number of hydrogen-bond donors (Lipinski definition) is 2. The first kappa shape index (κ1) is 15.0. The monoisotopic (exact) mass is 295 g/mol. The maximum Gasteiger partial charge on any atom is 0.244 e. The van der Waals surface area contributed by atoms with Crippen molar-refractivity contribution in [1.82, 2.24) is 5.32 Å². The molecule has 1 amide bonds. The van der Waals surface area contributed by atoms with E-state index in [0.717, 1.165) is 0 Å². The second-order valence-corrected chi connectivity index (χ2v) is 4.11. The lowest BCUT2D eigenvalue weighted by molar-refractivity contribution is -0.116. The number of benzene rings is 1. The third-order valence-corrected chi connectivity index (χ3v) is 2.84. The number of fused-ring (bicyclic) bond motifs is 1. The van der Waals surface area contributed by atoms with Crippen LogP contribution < -0.4 is 24.3 Å². The average Bonchev–Trinajstić information content (AvgIpc) is 2.96. The standard InChI is InChI=1S/C14H17NO6/c1-18-12-9(3-4-11(17)15-5-6-16)7-10-13(14(12)19-2)21-8-20-10/h3-4,7,16H,5-6,8H2,1-2H3,(H,15,17). The zero-order valence-electron chi connectivity index (χ0n) is 11.8. The van der Waals surface area contributed by atoms with E-state index in [0.29, 0.717) is 28.6 Å². The predicted octanol–water partition coefficient (Wildman–Crippen LogP) is 0.554. The summed E-state index contributed by atoms with van der Waals surface area (Å²) in [6.45, 7) is 0.199. The van der Waals surface area contributed by atoms with E-state index in [1.54, 1.807) is 12.1 Å². The van der Waals surface area contributed by atoms with Crippen LogP contribution in [-0.2, 0) is 4.79 Å². The van der Waals surface area contributed by atoms with Gasteiger partial charge in [-0.2, -0.15) is 0 Å². The summed E-state index contributed by atoms with van der Waals surface area (Å²) in [5, 5.41) is 11.2. The van der Waals surface area contributed by atoms with Gasteiger partial charge in [-0.3, -0.25) is 4.79 Å². The molecule has 0 radical (unpaired) electrons. The number of amides is 1. The summed E-state index contributed by atoms with van der Waals surface area (Å²) in [6.07, 6.45) is 2.92. The molecule has 2 N–H and O–H groups in total. The van der Waals surface area contributed by atoms with E-state index in [-0.39, 0.29) is 25.9 Å². The highest BCUT2D eigenvalue weighted by molar-refractivity contribution is 5.92. The minimum Gasteiger partial charge on any atom is -0.492 e. The van der Waals surface area contributed by atoms with Gasteiger partial charge in [0, 0.05) is 18.2 Å². The number of aliphatic hydroxyl groups excluding tert-OH is 1. The van der Waals surface area contributed by atoms with E-state index >= 15 is 0 Å². The number of nitrogens with one attached hydrogen (secondary N) is 1. The molecule has 0 unspecified atom stereocenters. The van der Waals surface area contributed by atoms with Crippen molar-refractivity contribution < 1.29 is 28.8 Å². The molecule has 1 aliphatic heterocycles. The van der Waals surface area contributed by atoms with Gasteiger partial charge in [-0.15, -0.1) is 0 Å². The minimum atomic E-state index is -0.317. The second-order valence-electron chi connectivity index (χ2n) is 4.11. The molecule has 0 saturated heterocycles. The second kappa shape index (κ2) is 6.85. The Kier molecular flexibility index (Phi) is 4.89. The molecule has 21 heavy (non-hydrogen) atoms. The SMILES string of the molecule is COc1c(C=CC(=O)NCCO)cc2c(c1OC)OCO2. The first-order chi connectivity index (χ1) is 10.2. The van der Waals surface area contributed by atoms with Gasteiger partial charge in [0.1, 0.15) is 0 Å². The van der Waals surface area contributed by atoms with E-state index < -0.39 is 0 Å². The number of methoxy groups -OCH3 is 2. The van der Waals surface area contributed by atoms with Crippen molar-refractivity contribution in [1.29, 1.82) is 0 Å². The van der Waals surface area contributed by atoms with Crippen LogP contribution in [0.1, 0.15) is 5.56 Å². The molecule has 1 heterocycles. The Hall–Kier alpha value is -2.41. The maximum atomic E-state index is 11.5. The molecule has 7 heteroatoms. The van der Waals surface area contributed by atoms with Gasteiger partial charge in [-0.1, -0.05) is 0 Å². The van der Waals surface area contributed by atoms with Gasteiger partial charge in [0.15, 0.2) is 11.5 Å². The minimum absolute atomic E-state index is 0.110. The molecule has 2 rings (SSSR count). The third kappa shape index (κ3) is 3.19. The van der Waals surface area contributed by atoms with E-state index in [1.165, 1.54) is 20.3 Å². The van der Waals surface area contributed by atoms with Crippen molar-refractivity contribution in [2.24, 2.45) is 0 Å². The number of rotatable bonds is 6. The van der Waals surface area contributed by atoms with Gasteiger partial charge >= 0.3 is 0 Å². The maximum absolute atomic E-state index is 11.5. The average molecular weight is 295 g/mol. The normalized spacial score (nSPS) is 12.5.